The summed E-state index contributed by atoms with van der Waals surface area (Å²) in [6, 6.07) is 12.9. The Bertz CT molecular complexity index is 962. The average molecular weight is 365 g/mol. The van der Waals surface area contributed by atoms with Gasteiger partial charge in [0.05, 0.1) is 12.1 Å². The van der Waals surface area contributed by atoms with Gasteiger partial charge in [-0.3, -0.25) is 9.59 Å². The van der Waals surface area contributed by atoms with E-state index in [-0.39, 0.29) is 18.4 Å². The fourth-order valence-electron chi connectivity index (χ4n) is 2.87. The van der Waals surface area contributed by atoms with Gasteiger partial charge in [0.1, 0.15) is 5.52 Å². The lowest BCUT2D eigenvalue weighted by molar-refractivity contribution is -0.116. The van der Waals surface area contributed by atoms with E-state index >= 15 is 0 Å². The Morgan fingerprint density at radius 2 is 1.85 bits per heavy atom. The van der Waals surface area contributed by atoms with E-state index in [2.05, 4.69) is 22.6 Å². The third-order valence-electron chi connectivity index (χ3n) is 4.43. The molecule has 2 aromatic carbocycles. The second kappa shape index (κ2) is 7.99. The van der Waals surface area contributed by atoms with E-state index in [4.69, 9.17) is 0 Å². The van der Waals surface area contributed by atoms with Crippen molar-refractivity contribution in [3.8, 4) is 0 Å². The molecule has 0 spiro atoms. The molecule has 7 heteroatoms. The number of aryl methyl sites for hydroxylation is 2. The molecule has 0 saturated heterocycles. The fourth-order valence-corrected chi connectivity index (χ4v) is 2.87. The highest BCUT2D eigenvalue weighted by molar-refractivity contribution is 6.00. The van der Waals surface area contributed by atoms with Gasteiger partial charge in [-0.05, 0) is 49.2 Å². The maximum absolute atomic E-state index is 12.6. The maximum Gasteiger partial charge on any atom is 0.254 e. The number of fused-ring (bicyclic) bond motifs is 1. The van der Waals surface area contributed by atoms with Crippen LogP contribution in [0.15, 0.2) is 42.5 Å². The van der Waals surface area contributed by atoms with Crippen LogP contribution in [0.4, 0.5) is 5.69 Å². The largest absolute Gasteiger partial charge is 0.332 e. The molecule has 140 valence electrons. The van der Waals surface area contributed by atoms with Gasteiger partial charge in [0.15, 0.2) is 0 Å². The van der Waals surface area contributed by atoms with Crippen LogP contribution in [0.2, 0.25) is 0 Å². The van der Waals surface area contributed by atoms with Gasteiger partial charge >= 0.3 is 0 Å². The Hall–Kier alpha value is -3.22. The third-order valence-corrected chi connectivity index (χ3v) is 4.43. The lowest BCUT2D eigenvalue weighted by Gasteiger charge is -2.17. The molecule has 1 aromatic heterocycles. The van der Waals surface area contributed by atoms with Crippen LogP contribution in [-0.4, -0.2) is 45.3 Å². The molecule has 0 radical (unpaired) electrons. The zero-order valence-corrected chi connectivity index (χ0v) is 15.8. The van der Waals surface area contributed by atoms with Crippen molar-refractivity contribution in [1.82, 2.24) is 19.9 Å². The minimum Gasteiger partial charge on any atom is -0.332 e. The number of likely N-dealkylation sites (N-methyl/N-ethyl adjacent to an activating group) is 1. The minimum atomic E-state index is -0.242. The molecule has 0 aliphatic heterocycles. The molecule has 0 unspecified atom stereocenters. The number of carbonyl (C=O) groups is 2. The summed E-state index contributed by atoms with van der Waals surface area (Å²) in [5.41, 5.74) is 3.95. The summed E-state index contributed by atoms with van der Waals surface area (Å²) in [5.74, 6) is -0.479. The highest BCUT2D eigenvalue weighted by Gasteiger charge is 2.16. The number of aromatic nitrogens is 3. The number of hydrogen-bond donors (Lipinski definition) is 1. The summed E-state index contributed by atoms with van der Waals surface area (Å²) in [5, 5.41) is 10.9. The fraction of sp³-hybridized carbons (Fsp3) is 0.300. The summed E-state index contributed by atoms with van der Waals surface area (Å²) in [4.78, 5) is 26.3. The number of hydrogen-bond acceptors (Lipinski definition) is 4. The topological polar surface area (TPSA) is 80.1 Å². The Labute approximate surface area is 158 Å². The molecule has 0 aliphatic carbocycles. The second-order valence-corrected chi connectivity index (χ2v) is 6.37. The smallest absolute Gasteiger partial charge is 0.254 e. The Balaban J connectivity index is 1.64. The molecule has 27 heavy (non-hydrogen) atoms. The lowest BCUT2D eigenvalue weighted by Crippen LogP contribution is -2.34. The Morgan fingerprint density at radius 3 is 2.52 bits per heavy atom. The molecular formula is C20H23N5O2. The molecule has 3 aromatic rings. The van der Waals surface area contributed by atoms with Crippen molar-refractivity contribution in [1.29, 1.82) is 0 Å². The third kappa shape index (κ3) is 4.13. The first-order valence-electron chi connectivity index (χ1n) is 8.99. The number of benzene rings is 2. The normalized spacial score (nSPS) is 10.8. The second-order valence-electron chi connectivity index (χ2n) is 6.37. The maximum atomic E-state index is 12.6. The van der Waals surface area contributed by atoms with Gasteiger partial charge in [-0.15, -0.1) is 5.10 Å². The van der Waals surface area contributed by atoms with Gasteiger partial charge < -0.3 is 10.2 Å². The molecule has 0 atom stereocenters. The predicted molar refractivity (Wildman–Crippen MR) is 105 cm³/mol. The van der Waals surface area contributed by atoms with E-state index < -0.39 is 0 Å². The molecule has 0 saturated carbocycles. The van der Waals surface area contributed by atoms with Crippen LogP contribution in [-0.2, 0) is 17.8 Å². The van der Waals surface area contributed by atoms with Crippen LogP contribution in [0.3, 0.4) is 0 Å². The Morgan fingerprint density at radius 1 is 1.11 bits per heavy atom. The lowest BCUT2D eigenvalue weighted by atomic mass is 10.1. The first-order chi connectivity index (χ1) is 13.0. The zero-order chi connectivity index (χ0) is 19.4. The molecule has 0 aliphatic rings. The molecule has 7 nitrogen and oxygen atoms in total. The van der Waals surface area contributed by atoms with Crippen LogP contribution in [0, 0.1) is 0 Å². The highest BCUT2D eigenvalue weighted by atomic mass is 16.2. The quantitative estimate of drug-likeness (QED) is 0.728. The summed E-state index contributed by atoms with van der Waals surface area (Å²) in [6.45, 7) is 4.74. The van der Waals surface area contributed by atoms with Crippen molar-refractivity contribution in [2.75, 3.05) is 18.9 Å². The molecule has 1 N–H and O–H groups in total. The van der Waals surface area contributed by atoms with Gasteiger partial charge in [-0.25, -0.2) is 4.68 Å². The number of carbonyl (C=O) groups excluding carboxylic acids is 2. The van der Waals surface area contributed by atoms with Crippen molar-refractivity contribution >= 4 is 28.5 Å². The van der Waals surface area contributed by atoms with Crippen molar-refractivity contribution in [3.05, 3.63) is 53.6 Å². The zero-order valence-electron chi connectivity index (χ0n) is 15.8. The average Bonchev–Trinajstić information content (AvgIpc) is 3.10. The first kappa shape index (κ1) is 18.6. The van der Waals surface area contributed by atoms with Crippen molar-refractivity contribution < 1.29 is 9.59 Å². The van der Waals surface area contributed by atoms with Gasteiger partial charge in [0.25, 0.3) is 5.91 Å². The van der Waals surface area contributed by atoms with Gasteiger partial charge in [0, 0.05) is 24.8 Å². The molecular weight excluding hydrogens is 342 g/mol. The molecule has 1 heterocycles. The summed E-state index contributed by atoms with van der Waals surface area (Å²) < 4.78 is 1.77. The number of nitrogens with zero attached hydrogens (tertiary/aromatic N) is 4. The van der Waals surface area contributed by atoms with E-state index in [1.165, 1.54) is 10.5 Å². The standard InChI is InChI=1S/C20H23N5O2/c1-4-14-6-9-16(10-7-14)21-19(26)13-24(3)20(27)15-8-11-18-17(12-15)22-23-25(18)5-2/h6-12H,4-5,13H2,1-3H3,(H,21,26). The van der Waals surface area contributed by atoms with Crippen LogP contribution in [0.1, 0.15) is 29.8 Å². The molecule has 3 rings (SSSR count). The number of nitrogens with one attached hydrogen (secondary N) is 1. The Kier molecular flexibility index (Phi) is 5.49. The summed E-state index contributed by atoms with van der Waals surface area (Å²) in [7, 11) is 1.61. The predicted octanol–water partition coefficient (Wildman–Crippen LogP) is 2.72. The van der Waals surface area contributed by atoms with Gasteiger partial charge in [-0.1, -0.05) is 24.3 Å². The van der Waals surface area contributed by atoms with Crippen LogP contribution in [0.25, 0.3) is 11.0 Å². The highest BCUT2D eigenvalue weighted by Crippen LogP contribution is 2.15. The SMILES string of the molecule is CCc1ccc(NC(=O)CN(C)C(=O)c2ccc3c(c2)nnn3CC)cc1. The van der Waals surface area contributed by atoms with Crippen molar-refractivity contribution in [2.45, 2.75) is 26.8 Å². The number of anilines is 1. The number of amides is 2. The van der Waals surface area contributed by atoms with E-state index in [0.717, 1.165) is 17.6 Å². The van der Waals surface area contributed by atoms with Crippen molar-refractivity contribution in [3.63, 3.8) is 0 Å². The van der Waals surface area contributed by atoms with Crippen LogP contribution < -0.4 is 5.32 Å². The number of rotatable bonds is 6. The summed E-state index contributed by atoms with van der Waals surface area (Å²) in [6.07, 6.45) is 0.946. The first-order valence-corrected chi connectivity index (χ1v) is 8.99. The molecule has 0 fully saturated rings. The minimum absolute atomic E-state index is 0.0337. The molecule has 0 bridgehead atoms. The van der Waals surface area contributed by atoms with Crippen LogP contribution >= 0.6 is 0 Å². The van der Waals surface area contributed by atoms with Gasteiger partial charge in [-0.2, -0.15) is 0 Å². The molecule has 2 amide bonds. The van der Waals surface area contributed by atoms with E-state index in [0.29, 0.717) is 17.6 Å². The van der Waals surface area contributed by atoms with Crippen molar-refractivity contribution in [2.24, 2.45) is 0 Å². The van der Waals surface area contributed by atoms with E-state index in [1.54, 1.807) is 23.9 Å². The monoisotopic (exact) mass is 365 g/mol. The van der Waals surface area contributed by atoms with E-state index in [1.807, 2.05) is 37.3 Å². The van der Waals surface area contributed by atoms with Gasteiger partial charge in [0.2, 0.25) is 5.91 Å². The van der Waals surface area contributed by atoms with Crippen LogP contribution in [0.5, 0.6) is 0 Å². The summed E-state index contributed by atoms with van der Waals surface area (Å²) >= 11 is 0. The van der Waals surface area contributed by atoms with E-state index in [9.17, 15) is 9.59 Å².